The van der Waals surface area contributed by atoms with Crippen molar-refractivity contribution in [3.63, 3.8) is 0 Å². The first kappa shape index (κ1) is 22.6. The van der Waals surface area contributed by atoms with Crippen LogP contribution in [0.25, 0.3) is 5.57 Å². The van der Waals surface area contributed by atoms with Gasteiger partial charge in [0.2, 0.25) is 0 Å². The number of benzene rings is 2. The molecular formula is C25H17Cl2N7OS. The second kappa shape index (κ2) is 8.68. The molecule has 1 aliphatic heterocycles. The van der Waals surface area contributed by atoms with Gasteiger partial charge in [-0.2, -0.15) is 10.4 Å². The number of aromatic nitrogens is 2. The molecule has 0 spiro atoms. The van der Waals surface area contributed by atoms with Crippen molar-refractivity contribution in [3.8, 4) is 6.07 Å². The summed E-state index contributed by atoms with van der Waals surface area (Å²) < 4.78 is 1.74. The van der Waals surface area contributed by atoms with Crippen LogP contribution in [0.2, 0.25) is 10.0 Å². The zero-order valence-electron chi connectivity index (χ0n) is 18.5. The number of hydrogen-bond acceptors (Lipinski definition) is 7. The van der Waals surface area contributed by atoms with Crippen molar-refractivity contribution in [1.29, 1.82) is 5.26 Å². The number of fused-ring (bicyclic) bond motifs is 3. The number of nitriles is 1. The summed E-state index contributed by atoms with van der Waals surface area (Å²) in [7, 11) is 0. The minimum Gasteiger partial charge on any atom is -0.389 e. The molecule has 8 nitrogen and oxygen atoms in total. The number of hydrogen-bond donors (Lipinski definition) is 3. The lowest BCUT2D eigenvalue weighted by Crippen LogP contribution is -2.27. The van der Waals surface area contributed by atoms with Gasteiger partial charge in [0, 0.05) is 31.8 Å². The number of aromatic amines is 1. The van der Waals surface area contributed by atoms with Gasteiger partial charge in [-0.1, -0.05) is 35.3 Å². The molecule has 0 fully saturated rings. The van der Waals surface area contributed by atoms with Crippen LogP contribution in [-0.2, 0) is 6.42 Å². The fraction of sp³-hybridized carbons (Fsp3) is 0.120. The van der Waals surface area contributed by atoms with E-state index in [4.69, 9.17) is 28.9 Å². The number of halogens is 2. The number of azo groups is 1. The summed E-state index contributed by atoms with van der Waals surface area (Å²) in [5.41, 5.74) is 10.6. The maximum Gasteiger partial charge on any atom is 0.294 e. The van der Waals surface area contributed by atoms with E-state index in [0.717, 1.165) is 33.7 Å². The molecule has 2 aromatic heterocycles. The number of aryl methyl sites for hydroxylation is 1. The van der Waals surface area contributed by atoms with Gasteiger partial charge in [0.15, 0.2) is 11.5 Å². The van der Waals surface area contributed by atoms with E-state index < -0.39 is 6.04 Å². The first-order chi connectivity index (χ1) is 17.4. The zero-order chi connectivity index (χ0) is 25.0. The Balaban J connectivity index is 1.55. The highest BCUT2D eigenvalue weighted by atomic mass is 35.5. The molecular weight excluding hydrogens is 517 g/mol. The third-order valence-corrected chi connectivity index (χ3v) is 7.88. The Hall–Kier alpha value is -3.84. The van der Waals surface area contributed by atoms with E-state index in [0.29, 0.717) is 38.5 Å². The van der Waals surface area contributed by atoms with Crippen LogP contribution < -0.4 is 16.6 Å². The van der Waals surface area contributed by atoms with Gasteiger partial charge in [-0.3, -0.25) is 14.6 Å². The van der Waals surface area contributed by atoms with Gasteiger partial charge < -0.3 is 11.1 Å². The van der Waals surface area contributed by atoms with Crippen molar-refractivity contribution >= 4 is 62.3 Å². The third kappa shape index (κ3) is 3.62. The Labute approximate surface area is 219 Å². The molecule has 36 heavy (non-hydrogen) atoms. The summed E-state index contributed by atoms with van der Waals surface area (Å²) in [5, 5.41) is 26.4. The molecule has 0 radical (unpaired) electrons. The van der Waals surface area contributed by atoms with E-state index in [-0.39, 0.29) is 11.2 Å². The fourth-order valence-electron chi connectivity index (χ4n) is 4.72. The average Bonchev–Trinajstić information content (AvgIpc) is 3.37. The number of thiophene rings is 1. The summed E-state index contributed by atoms with van der Waals surface area (Å²) >= 11 is 13.6. The molecule has 1 aliphatic carbocycles. The molecule has 6 rings (SSSR count). The van der Waals surface area contributed by atoms with Crippen LogP contribution in [0.15, 0.2) is 69.3 Å². The molecule has 2 aromatic carbocycles. The van der Waals surface area contributed by atoms with Crippen molar-refractivity contribution in [1.82, 2.24) is 9.78 Å². The highest BCUT2D eigenvalue weighted by Gasteiger charge is 2.38. The lowest BCUT2D eigenvalue weighted by Gasteiger charge is -2.34. The molecule has 2 aliphatic rings. The summed E-state index contributed by atoms with van der Waals surface area (Å²) in [6.07, 6.45) is 1.44. The lowest BCUT2D eigenvalue weighted by atomic mass is 9.83. The van der Waals surface area contributed by atoms with Crippen LogP contribution in [0.1, 0.15) is 34.0 Å². The van der Waals surface area contributed by atoms with Gasteiger partial charge in [-0.15, -0.1) is 16.5 Å². The van der Waals surface area contributed by atoms with Crippen molar-refractivity contribution in [2.75, 3.05) is 11.1 Å². The SMILES string of the molecule is N#Cc1c(N)sc2c1C1=C(CC2)Nc2c(N=Nc3ccc(Cl)cc3)c(=O)[nH]n2C1c1ccc(Cl)cc1. The Morgan fingerprint density at radius 1 is 1.06 bits per heavy atom. The molecule has 1 atom stereocenters. The Kier molecular flexibility index (Phi) is 5.45. The van der Waals surface area contributed by atoms with Gasteiger partial charge >= 0.3 is 0 Å². The molecule has 178 valence electrons. The summed E-state index contributed by atoms with van der Waals surface area (Å²) in [4.78, 5) is 14.1. The number of nitrogens with two attached hydrogens (primary N) is 1. The monoisotopic (exact) mass is 533 g/mol. The van der Waals surface area contributed by atoms with E-state index in [9.17, 15) is 10.1 Å². The minimum atomic E-state index is -0.430. The standard InChI is InChI=1S/C25H17Cl2N7OS/c26-13-3-1-12(2-4-13)22-20-17(9-10-18-19(20)16(11-28)23(29)36-18)30-24-21(25(35)33-34(22)24)32-31-15-7-5-14(27)6-8-15/h1-8,22,30H,9-10,29H2,(H,33,35). The Morgan fingerprint density at radius 3 is 2.44 bits per heavy atom. The van der Waals surface area contributed by atoms with E-state index in [1.54, 1.807) is 41.1 Å². The second-order valence-corrected chi connectivity index (χ2v) is 10.4. The number of rotatable bonds is 3. The summed E-state index contributed by atoms with van der Waals surface area (Å²) in [5.74, 6) is 0.501. The molecule has 4 N–H and O–H groups in total. The van der Waals surface area contributed by atoms with Crippen LogP contribution in [-0.4, -0.2) is 9.78 Å². The largest absolute Gasteiger partial charge is 0.389 e. The van der Waals surface area contributed by atoms with Crippen molar-refractivity contribution in [3.05, 3.63) is 96.2 Å². The van der Waals surface area contributed by atoms with Gasteiger partial charge in [-0.05, 0) is 54.8 Å². The van der Waals surface area contributed by atoms with E-state index in [2.05, 4.69) is 26.7 Å². The van der Waals surface area contributed by atoms with Gasteiger partial charge in [0.25, 0.3) is 5.56 Å². The predicted molar refractivity (Wildman–Crippen MR) is 143 cm³/mol. The van der Waals surface area contributed by atoms with Crippen molar-refractivity contribution in [2.45, 2.75) is 18.9 Å². The normalized spacial score (nSPS) is 16.3. The average molecular weight is 534 g/mol. The topological polar surface area (TPSA) is 124 Å². The van der Waals surface area contributed by atoms with Crippen molar-refractivity contribution < 1.29 is 0 Å². The first-order valence-corrected chi connectivity index (χ1v) is 12.6. The molecule has 3 heterocycles. The quantitative estimate of drug-likeness (QED) is 0.251. The second-order valence-electron chi connectivity index (χ2n) is 8.41. The van der Waals surface area contributed by atoms with Crippen LogP contribution in [0.5, 0.6) is 0 Å². The number of allylic oxidation sites excluding steroid dienone is 2. The fourth-order valence-corrected chi connectivity index (χ4v) is 6.00. The number of anilines is 2. The summed E-state index contributed by atoms with van der Waals surface area (Å²) in [6, 6.07) is 16.1. The molecule has 0 bridgehead atoms. The van der Waals surface area contributed by atoms with Gasteiger partial charge in [-0.25, -0.2) is 0 Å². The number of nitrogens with zero attached hydrogens (tertiary/aromatic N) is 4. The maximum absolute atomic E-state index is 13.1. The number of nitrogens with one attached hydrogen (secondary N) is 2. The van der Waals surface area contributed by atoms with E-state index in [1.807, 2.05) is 12.1 Å². The lowest BCUT2D eigenvalue weighted by molar-refractivity contribution is 0.606. The van der Waals surface area contributed by atoms with Gasteiger partial charge in [0.1, 0.15) is 17.1 Å². The van der Waals surface area contributed by atoms with Crippen LogP contribution >= 0.6 is 34.5 Å². The van der Waals surface area contributed by atoms with Crippen LogP contribution in [0.3, 0.4) is 0 Å². The minimum absolute atomic E-state index is 0.159. The smallest absolute Gasteiger partial charge is 0.294 e. The Morgan fingerprint density at radius 2 is 1.75 bits per heavy atom. The van der Waals surface area contributed by atoms with E-state index >= 15 is 0 Å². The highest BCUT2D eigenvalue weighted by molar-refractivity contribution is 7.16. The molecule has 1 unspecified atom stereocenters. The van der Waals surface area contributed by atoms with Crippen LogP contribution in [0, 0.1) is 11.3 Å². The third-order valence-electron chi connectivity index (χ3n) is 6.30. The molecule has 0 saturated heterocycles. The number of nitrogen functional groups attached to an aromatic ring is 1. The predicted octanol–water partition coefficient (Wildman–Crippen LogP) is 6.79. The van der Waals surface area contributed by atoms with E-state index in [1.165, 1.54) is 11.3 Å². The Bertz CT molecular complexity index is 1670. The molecule has 0 amide bonds. The van der Waals surface area contributed by atoms with Crippen molar-refractivity contribution in [2.24, 2.45) is 10.2 Å². The zero-order valence-corrected chi connectivity index (χ0v) is 20.9. The van der Waals surface area contributed by atoms with Gasteiger partial charge in [0.05, 0.1) is 11.3 Å². The molecule has 0 saturated carbocycles. The summed E-state index contributed by atoms with van der Waals surface area (Å²) in [6.45, 7) is 0. The number of H-pyrrole nitrogens is 1. The molecule has 11 heteroatoms. The first-order valence-electron chi connectivity index (χ1n) is 11.0. The molecule has 4 aromatic rings. The van der Waals surface area contributed by atoms with Crippen LogP contribution in [0.4, 0.5) is 22.2 Å². The highest BCUT2D eigenvalue weighted by Crippen LogP contribution is 2.51. The maximum atomic E-state index is 13.1.